The summed E-state index contributed by atoms with van der Waals surface area (Å²) in [5, 5.41) is 3.79. The summed E-state index contributed by atoms with van der Waals surface area (Å²) in [6.07, 6.45) is 6.00. The van der Waals surface area contributed by atoms with E-state index in [0.29, 0.717) is 35.5 Å². The number of hydrogen-bond donors (Lipinski definition) is 2. The van der Waals surface area contributed by atoms with Crippen molar-refractivity contribution in [3.05, 3.63) is 46.0 Å². The number of pyridine rings is 2. The average molecular weight is 729 g/mol. The first-order chi connectivity index (χ1) is 23.5. The first kappa shape index (κ1) is 37.3. The normalized spacial score (nSPS) is 16.5. The van der Waals surface area contributed by atoms with Crippen molar-refractivity contribution in [2.75, 3.05) is 49.6 Å². The molecule has 4 heterocycles. The van der Waals surface area contributed by atoms with Crippen molar-refractivity contribution in [3.63, 3.8) is 0 Å². The molecule has 0 radical (unpaired) electrons. The summed E-state index contributed by atoms with van der Waals surface area (Å²) >= 11 is 0. The molecule has 0 aromatic carbocycles. The number of carbonyl (C=O) groups excluding carboxylic acids is 2. The molecule has 1 saturated carbocycles. The minimum Gasteiger partial charge on any atom is -0.446 e. The van der Waals surface area contributed by atoms with Gasteiger partial charge in [-0.3, -0.25) is 14.2 Å². The Morgan fingerprint density at radius 1 is 1.02 bits per heavy atom. The molecule has 272 valence electrons. The Morgan fingerprint density at radius 3 is 2.30 bits per heavy atom. The summed E-state index contributed by atoms with van der Waals surface area (Å²) in [5.41, 5.74) is 1.73. The topological polar surface area (TPSA) is 178 Å². The second-order valence-electron chi connectivity index (χ2n) is 14.4. The molecule has 0 atom stereocenters. The Morgan fingerprint density at radius 2 is 1.70 bits per heavy atom. The van der Waals surface area contributed by atoms with Gasteiger partial charge in [0, 0.05) is 43.8 Å². The lowest BCUT2D eigenvalue weighted by Gasteiger charge is -2.36. The largest absolute Gasteiger partial charge is 0.446 e. The predicted molar refractivity (Wildman–Crippen MR) is 194 cm³/mol. The van der Waals surface area contributed by atoms with Gasteiger partial charge < -0.3 is 19.4 Å². The molecule has 0 spiro atoms. The molecule has 2 N–H and O–H groups in total. The Bertz CT molecular complexity index is 1900. The van der Waals surface area contributed by atoms with Crippen LogP contribution in [0.25, 0.3) is 11.0 Å². The van der Waals surface area contributed by atoms with Gasteiger partial charge in [-0.1, -0.05) is 33.6 Å². The summed E-state index contributed by atoms with van der Waals surface area (Å²) in [7, 11) is -6.09. The molecule has 0 unspecified atom stereocenters. The summed E-state index contributed by atoms with van der Waals surface area (Å²) in [6, 6.07) is 3.60. The zero-order valence-electron chi connectivity index (χ0n) is 29.9. The fourth-order valence-electron chi connectivity index (χ4n) is 6.10. The third-order valence-corrected chi connectivity index (χ3v) is 16.0. The van der Waals surface area contributed by atoms with Gasteiger partial charge in [0.05, 0.1) is 24.1 Å². The number of Topliss-reactive ketones (excluding diaryl/α,β-unsaturated/α-hetero) is 1. The number of aryl methyl sites for hydroxylation is 1. The lowest BCUT2D eigenvalue weighted by molar-refractivity contribution is 0.101. The third kappa shape index (κ3) is 8.16. The molecule has 5 rings (SSSR count). The second kappa shape index (κ2) is 14.7. The van der Waals surface area contributed by atoms with Crippen LogP contribution in [0.3, 0.4) is 0 Å². The first-order valence-corrected chi connectivity index (χ1v) is 21.3. The molecular formula is C33H48N8O7SSi. The second-order valence-corrected chi connectivity index (χ2v) is 20.8. The van der Waals surface area contributed by atoms with Gasteiger partial charge >= 0.3 is 16.3 Å². The minimum atomic E-state index is -4.08. The van der Waals surface area contributed by atoms with Gasteiger partial charge in [-0.25, -0.2) is 19.5 Å². The number of nitrogens with zero attached hydrogens (tertiary/aromatic N) is 6. The number of aromatic nitrogens is 4. The summed E-state index contributed by atoms with van der Waals surface area (Å²) in [6.45, 7) is 14.9. The fraction of sp³-hybridized carbons (Fsp3) is 0.576. The van der Waals surface area contributed by atoms with Crippen LogP contribution >= 0.6 is 0 Å². The van der Waals surface area contributed by atoms with Gasteiger partial charge in [0.2, 0.25) is 5.95 Å². The monoisotopic (exact) mass is 728 g/mol. The molecule has 3 aromatic heterocycles. The highest BCUT2D eigenvalue weighted by Gasteiger charge is 2.37. The van der Waals surface area contributed by atoms with Crippen molar-refractivity contribution in [2.24, 2.45) is 0 Å². The van der Waals surface area contributed by atoms with Crippen LogP contribution in [0.4, 0.5) is 22.2 Å². The van der Waals surface area contributed by atoms with Crippen LogP contribution in [-0.4, -0.2) is 91.8 Å². The van der Waals surface area contributed by atoms with E-state index in [9.17, 15) is 22.8 Å². The summed E-state index contributed by atoms with van der Waals surface area (Å²) in [4.78, 5) is 53.8. The zero-order valence-corrected chi connectivity index (χ0v) is 31.7. The van der Waals surface area contributed by atoms with E-state index in [1.54, 1.807) is 30.0 Å². The standard InChI is InChI=1S/C33H48N8O7SSi/c1-22-26-21-35-31(37-29(26)41(24-10-8-9-11-24)30(43)28(22)23(2)42)36-27-13-12-25(20-34-27)39-14-16-40(17-15-39)49(45,46)38-32(44)47-18-19-48-50(6,7)33(3,4)5/h12-13,20-21,24H,8-11,14-19H2,1-7H3,(H,38,44)(H,34,35,36,37). The summed E-state index contributed by atoms with van der Waals surface area (Å²) in [5.74, 6) is 0.483. The van der Waals surface area contributed by atoms with Gasteiger partial charge in [0.1, 0.15) is 18.1 Å². The van der Waals surface area contributed by atoms with Crippen molar-refractivity contribution in [2.45, 2.75) is 84.5 Å². The van der Waals surface area contributed by atoms with Crippen LogP contribution in [0.2, 0.25) is 18.1 Å². The predicted octanol–water partition coefficient (Wildman–Crippen LogP) is 4.67. The van der Waals surface area contributed by atoms with Crippen LogP contribution < -0.4 is 20.5 Å². The van der Waals surface area contributed by atoms with Crippen molar-refractivity contribution in [1.29, 1.82) is 0 Å². The van der Waals surface area contributed by atoms with Crippen LogP contribution in [0.15, 0.2) is 29.3 Å². The van der Waals surface area contributed by atoms with Crippen molar-refractivity contribution < 1.29 is 27.2 Å². The number of piperazine rings is 1. The first-order valence-electron chi connectivity index (χ1n) is 17.0. The number of nitrogens with one attached hydrogen (secondary N) is 2. The molecular weight excluding hydrogens is 681 g/mol. The van der Waals surface area contributed by atoms with Gasteiger partial charge in [-0.2, -0.15) is 17.7 Å². The molecule has 1 aliphatic heterocycles. The van der Waals surface area contributed by atoms with Crippen molar-refractivity contribution >= 4 is 58.9 Å². The Kier molecular flexibility index (Phi) is 11.0. The molecule has 50 heavy (non-hydrogen) atoms. The highest BCUT2D eigenvalue weighted by atomic mass is 32.2. The Labute approximate surface area is 294 Å². The van der Waals surface area contributed by atoms with E-state index < -0.39 is 24.6 Å². The maximum atomic E-state index is 13.5. The van der Waals surface area contributed by atoms with E-state index in [2.05, 4.69) is 49.1 Å². The van der Waals surface area contributed by atoms with E-state index in [4.69, 9.17) is 14.1 Å². The van der Waals surface area contributed by atoms with E-state index in [0.717, 1.165) is 31.4 Å². The van der Waals surface area contributed by atoms with E-state index in [-0.39, 0.29) is 60.2 Å². The number of carbonyl (C=O) groups is 2. The third-order valence-electron chi connectivity index (χ3n) is 9.98. The Hall–Kier alpha value is -3.93. The minimum absolute atomic E-state index is 0.00878. The molecule has 2 aliphatic rings. The summed E-state index contributed by atoms with van der Waals surface area (Å²) < 4.78 is 41.6. The maximum absolute atomic E-state index is 13.5. The lowest BCUT2D eigenvalue weighted by Crippen LogP contribution is -2.53. The molecule has 2 fully saturated rings. The van der Waals surface area contributed by atoms with Gasteiger partial charge in [-0.05, 0) is 62.5 Å². The molecule has 1 amide bonds. The molecule has 17 heteroatoms. The molecule has 0 bridgehead atoms. The van der Waals surface area contributed by atoms with Gasteiger partial charge in [-0.15, -0.1) is 0 Å². The Balaban J connectivity index is 1.18. The highest BCUT2D eigenvalue weighted by molar-refractivity contribution is 7.87. The van der Waals surface area contributed by atoms with Gasteiger partial charge in [0.25, 0.3) is 5.56 Å². The van der Waals surface area contributed by atoms with Crippen molar-refractivity contribution in [1.82, 2.24) is 28.5 Å². The van der Waals surface area contributed by atoms with E-state index in [1.165, 1.54) is 11.2 Å². The smallest absolute Gasteiger partial charge is 0.422 e. The highest BCUT2D eigenvalue weighted by Crippen LogP contribution is 2.36. The van der Waals surface area contributed by atoms with Crippen LogP contribution in [0.5, 0.6) is 0 Å². The van der Waals surface area contributed by atoms with Crippen molar-refractivity contribution in [3.8, 4) is 0 Å². The number of ether oxygens (including phenoxy) is 1. The number of anilines is 3. The lowest BCUT2D eigenvalue weighted by atomic mass is 10.0. The maximum Gasteiger partial charge on any atom is 0.422 e. The van der Waals surface area contributed by atoms with Crippen LogP contribution in [-0.2, 0) is 19.4 Å². The number of amides is 1. The zero-order chi connectivity index (χ0) is 36.4. The fourth-order valence-corrected chi connectivity index (χ4v) is 8.17. The van der Waals surface area contributed by atoms with Gasteiger partial charge in [0.15, 0.2) is 14.1 Å². The number of fused-ring (bicyclic) bond motifs is 1. The molecule has 1 aliphatic carbocycles. The molecule has 1 saturated heterocycles. The van der Waals surface area contributed by atoms with Crippen LogP contribution in [0, 0.1) is 6.92 Å². The van der Waals surface area contributed by atoms with E-state index >= 15 is 0 Å². The van der Waals surface area contributed by atoms with Crippen LogP contribution in [0.1, 0.15) is 75.3 Å². The quantitative estimate of drug-likeness (QED) is 0.159. The molecule has 15 nitrogen and oxygen atoms in total. The number of ketones is 1. The average Bonchev–Trinajstić information content (AvgIpc) is 3.57. The SMILES string of the molecule is CC(=O)c1c(C)c2cnc(Nc3ccc(N4CCN(S(=O)(=O)NC(=O)OCCO[Si](C)(C)C(C)(C)C)CC4)cn3)nc2n(C2CCCC2)c1=O. The van der Waals surface area contributed by atoms with E-state index in [1.807, 2.05) is 15.7 Å². The number of hydrogen-bond acceptors (Lipinski definition) is 12. The molecule has 3 aromatic rings. The number of rotatable bonds is 11.